The van der Waals surface area contributed by atoms with Crippen molar-refractivity contribution in [2.75, 3.05) is 13.1 Å². The van der Waals surface area contributed by atoms with Crippen molar-refractivity contribution in [3.63, 3.8) is 0 Å². The van der Waals surface area contributed by atoms with Gasteiger partial charge < -0.3 is 15.4 Å². The van der Waals surface area contributed by atoms with Crippen molar-refractivity contribution in [3.8, 4) is 0 Å². The Morgan fingerprint density at radius 3 is 2.62 bits per heavy atom. The molecule has 0 radical (unpaired) electrons. The predicted octanol–water partition coefficient (Wildman–Crippen LogP) is 1.60. The van der Waals surface area contributed by atoms with E-state index in [-0.39, 0.29) is 0 Å². The fourth-order valence-corrected chi connectivity index (χ4v) is 1.63. The molecule has 4 nitrogen and oxygen atoms in total. The van der Waals surface area contributed by atoms with E-state index in [2.05, 4.69) is 10.6 Å². The number of hydrogen-bond acceptors (Lipinski definition) is 3. The Kier molecular flexibility index (Phi) is 4.53. The molecule has 0 aromatic rings. The molecule has 2 N–H and O–H groups in total. The first-order chi connectivity index (χ1) is 7.38. The van der Waals surface area contributed by atoms with Gasteiger partial charge in [0, 0.05) is 0 Å². The molecule has 0 bridgehead atoms. The fraction of sp³-hybridized carbons (Fsp3) is 0.909. The number of alkyl carbamates (subject to hydrolysis) is 1. The van der Waals surface area contributed by atoms with E-state index in [9.17, 15) is 9.18 Å². The lowest BCUT2D eigenvalue weighted by Gasteiger charge is -2.24. The van der Waals surface area contributed by atoms with Crippen molar-refractivity contribution < 1.29 is 13.9 Å². The second kappa shape index (κ2) is 5.48. The minimum absolute atomic E-state index is 0.431. The van der Waals surface area contributed by atoms with Gasteiger partial charge in [0.2, 0.25) is 0 Å². The summed E-state index contributed by atoms with van der Waals surface area (Å²) >= 11 is 0. The van der Waals surface area contributed by atoms with Gasteiger partial charge in [-0.1, -0.05) is 0 Å². The number of rotatable bonds is 1. The van der Waals surface area contributed by atoms with E-state index in [0.29, 0.717) is 19.4 Å². The first kappa shape index (κ1) is 13.2. The minimum Gasteiger partial charge on any atom is -0.444 e. The number of amides is 1. The second-order valence-electron chi connectivity index (χ2n) is 5.10. The summed E-state index contributed by atoms with van der Waals surface area (Å²) in [5, 5.41) is 5.69. The SMILES string of the molecule is CC(C)(C)OC(=O)NC1CCNCCC1F. The normalized spacial score (nSPS) is 27.0. The van der Waals surface area contributed by atoms with E-state index in [4.69, 9.17) is 4.74 Å². The average Bonchev–Trinajstić information content (AvgIpc) is 2.29. The molecule has 0 aliphatic carbocycles. The molecule has 2 atom stereocenters. The third-order valence-electron chi connectivity index (χ3n) is 2.37. The zero-order chi connectivity index (χ0) is 12.2. The maximum atomic E-state index is 13.6. The monoisotopic (exact) mass is 232 g/mol. The highest BCUT2D eigenvalue weighted by atomic mass is 19.1. The van der Waals surface area contributed by atoms with Gasteiger partial charge in [0.05, 0.1) is 6.04 Å². The third kappa shape index (κ3) is 4.79. The fourth-order valence-electron chi connectivity index (χ4n) is 1.63. The Morgan fingerprint density at radius 1 is 1.38 bits per heavy atom. The van der Waals surface area contributed by atoms with E-state index in [1.54, 1.807) is 20.8 Å². The van der Waals surface area contributed by atoms with Crippen LogP contribution in [0.5, 0.6) is 0 Å². The Morgan fingerprint density at radius 2 is 2.00 bits per heavy atom. The molecule has 2 unspecified atom stereocenters. The molecule has 5 heteroatoms. The molecule has 1 heterocycles. The van der Waals surface area contributed by atoms with Crippen molar-refractivity contribution in [1.29, 1.82) is 0 Å². The van der Waals surface area contributed by atoms with Crippen LogP contribution in [0, 0.1) is 0 Å². The van der Waals surface area contributed by atoms with Crippen molar-refractivity contribution >= 4 is 6.09 Å². The smallest absolute Gasteiger partial charge is 0.407 e. The zero-order valence-electron chi connectivity index (χ0n) is 10.2. The summed E-state index contributed by atoms with van der Waals surface area (Å²) in [6, 6.07) is -0.440. The van der Waals surface area contributed by atoms with Gasteiger partial charge in [-0.05, 0) is 46.7 Å². The quantitative estimate of drug-likeness (QED) is 0.722. The van der Waals surface area contributed by atoms with Crippen molar-refractivity contribution in [2.24, 2.45) is 0 Å². The van der Waals surface area contributed by atoms with Gasteiger partial charge in [0.25, 0.3) is 0 Å². The van der Waals surface area contributed by atoms with Crippen molar-refractivity contribution in [3.05, 3.63) is 0 Å². The number of alkyl halides is 1. The van der Waals surface area contributed by atoms with Gasteiger partial charge in [0.1, 0.15) is 11.8 Å². The van der Waals surface area contributed by atoms with Gasteiger partial charge in [0.15, 0.2) is 0 Å². The van der Waals surface area contributed by atoms with Gasteiger partial charge >= 0.3 is 6.09 Å². The average molecular weight is 232 g/mol. The summed E-state index contributed by atoms with van der Waals surface area (Å²) in [4.78, 5) is 11.5. The van der Waals surface area contributed by atoms with Crippen LogP contribution in [0.25, 0.3) is 0 Å². The lowest BCUT2D eigenvalue weighted by atomic mass is 10.1. The molecule has 0 saturated carbocycles. The van der Waals surface area contributed by atoms with Crippen LogP contribution < -0.4 is 10.6 Å². The van der Waals surface area contributed by atoms with Crippen molar-refractivity contribution in [1.82, 2.24) is 10.6 Å². The summed E-state index contributed by atoms with van der Waals surface area (Å²) in [5.74, 6) is 0. The maximum Gasteiger partial charge on any atom is 0.407 e. The largest absolute Gasteiger partial charge is 0.444 e. The number of carbonyl (C=O) groups excluding carboxylic acids is 1. The lowest BCUT2D eigenvalue weighted by Crippen LogP contribution is -2.44. The molecule has 0 spiro atoms. The van der Waals surface area contributed by atoms with E-state index < -0.39 is 23.9 Å². The number of halogens is 1. The van der Waals surface area contributed by atoms with Crippen LogP contribution in [0.3, 0.4) is 0 Å². The molecule has 1 fully saturated rings. The maximum absolute atomic E-state index is 13.6. The first-order valence-electron chi connectivity index (χ1n) is 5.73. The minimum atomic E-state index is -0.998. The van der Waals surface area contributed by atoms with Crippen LogP contribution in [0.15, 0.2) is 0 Å². The highest BCUT2D eigenvalue weighted by Crippen LogP contribution is 2.12. The zero-order valence-corrected chi connectivity index (χ0v) is 10.2. The van der Waals surface area contributed by atoms with Crippen molar-refractivity contribution in [2.45, 2.75) is 51.4 Å². The molecule has 94 valence electrons. The van der Waals surface area contributed by atoms with Gasteiger partial charge in [-0.3, -0.25) is 0 Å². The van der Waals surface area contributed by atoms with Crippen LogP contribution in [-0.4, -0.2) is 37.0 Å². The Labute approximate surface area is 95.9 Å². The molecular formula is C11H21FN2O2. The summed E-state index contributed by atoms with van der Waals surface area (Å²) in [6.45, 7) is 6.74. The molecule has 1 saturated heterocycles. The Bertz CT molecular complexity index is 241. The standard InChI is InChI=1S/C11H21FN2O2/c1-11(2,3)16-10(15)14-9-5-7-13-6-4-8(9)12/h8-9,13H,4-7H2,1-3H3,(H,14,15). The molecule has 1 rings (SSSR count). The third-order valence-corrected chi connectivity index (χ3v) is 2.37. The summed E-state index contributed by atoms with van der Waals surface area (Å²) in [6.07, 6.45) is -0.509. The van der Waals surface area contributed by atoms with Gasteiger partial charge in [-0.15, -0.1) is 0 Å². The second-order valence-corrected chi connectivity index (χ2v) is 5.10. The molecular weight excluding hydrogens is 211 g/mol. The number of carbonyl (C=O) groups is 1. The number of nitrogens with one attached hydrogen (secondary N) is 2. The topological polar surface area (TPSA) is 50.4 Å². The molecule has 16 heavy (non-hydrogen) atoms. The molecule has 1 amide bonds. The van der Waals surface area contributed by atoms with Crippen LogP contribution in [0.1, 0.15) is 33.6 Å². The summed E-state index contributed by atoms with van der Waals surface area (Å²) < 4.78 is 18.7. The van der Waals surface area contributed by atoms with E-state index in [1.165, 1.54) is 0 Å². The van der Waals surface area contributed by atoms with Crippen LogP contribution in [0.4, 0.5) is 9.18 Å². The highest BCUT2D eigenvalue weighted by Gasteiger charge is 2.26. The van der Waals surface area contributed by atoms with Gasteiger partial charge in [-0.25, -0.2) is 9.18 Å². The van der Waals surface area contributed by atoms with E-state index in [0.717, 1.165) is 6.54 Å². The number of hydrogen-bond donors (Lipinski definition) is 2. The predicted molar refractivity (Wildman–Crippen MR) is 60.2 cm³/mol. The molecule has 0 aromatic carbocycles. The molecule has 1 aliphatic heterocycles. The Balaban J connectivity index is 2.42. The molecule has 1 aliphatic rings. The first-order valence-corrected chi connectivity index (χ1v) is 5.73. The van der Waals surface area contributed by atoms with Crippen LogP contribution in [0.2, 0.25) is 0 Å². The lowest BCUT2D eigenvalue weighted by molar-refractivity contribution is 0.0472. The summed E-state index contributed by atoms with van der Waals surface area (Å²) in [7, 11) is 0. The summed E-state index contributed by atoms with van der Waals surface area (Å²) in [5.41, 5.74) is -0.543. The highest BCUT2D eigenvalue weighted by molar-refractivity contribution is 5.68. The van der Waals surface area contributed by atoms with E-state index in [1.807, 2.05) is 0 Å². The van der Waals surface area contributed by atoms with Crippen LogP contribution in [-0.2, 0) is 4.74 Å². The number of ether oxygens (including phenoxy) is 1. The van der Waals surface area contributed by atoms with Gasteiger partial charge in [-0.2, -0.15) is 0 Å². The van der Waals surface area contributed by atoms with Crippen LogP contribution >= 0.6 is 0 Å². The molecule has 0 aromatic heterocycles. The van der Waals surface area contributed by atoms with E-state index >= 15 is 0 Å². The Hall–Kier alpha value is -0.840.